The van der Waals surface area contributed by atoms with Gasteiger partial charge in [-0.1, -0.05) is 6.07 Å². The molecule has 0 saturated heterocycles. The highest BCUT2D eigenvalue weighted by molar-refractivity contribution is 7.88. The van der Waals surface area contributed by atoms with Crippen molar-refractivity contribution in [2.24, 2.45) is 0 Å². The van der Waals surface area contributed by atoms with E-state index in [0.29, 0.717) is 4.88 Å². The Hall–Kier alpha value is -0.405. The Morgan fingerprint density at radius 3 is 2.71 bits per heavy atom. The molecule has 0 fully saturated rings. The zero-order chi connectivity index (χ0) is 10.6. The first-order chi connectivity index (χ1) is 6.49. The minimum absolute atomic E-state index is 0.128. The Balaban J connectivity index is 2.51. The van der Waals surface area contributed by atoms with Crippen LogP contribution in [-0.4, -0.2) is 32.0 Å². The van der Waals surface area contributed by atoms with E-state index in [1.165, 1.54) is 11.3 Å². The third-order valence-corrected chi connectivity index (χ3v) is 3.75. The number of hydrogen-bond donors (Lipinski definition) is 3. The summed E-state index contributed by atoms with van der Waals surface area (Å²) in [6.45, 7) is 0. The normalized spacial score (nSPS) is 11.6. The topological polar surface area (TPSA) is 86.6 Å². The van der Waals surface area contributed by atoms with Crippen LogP contribution in [0.25, 0.3) is 0 Å². The summed E-state index contributed by atoms with van der Waals surface area (Å²) >= 11 is 1.34. The minimum atomic E-state index is -3.46. The first kappa shape index (κ1) is 11.7. The molecule has 0 unspecified atom stereocenters. The molecule has 8 heteroatoms. The second kappa shape index (κ2) is 4.90. The van der Waals surface area contributed by atoms with Gasteiger partial charge in [0, 0.05) is 11.3 Å². The standard InChI is InChI=1S/C6H10BNO4S2/c9-7(10)5-8-14(11,12)4-6-2-1-3-13-6/h1-3,8-10H,4-5H2. The quantitative estimate of drug-likeness (QED) is 0.582. The van der Waals surface area contributed by atoms with Gasteiger partial charge in [0.05, 0.1) is 5.75 Å². The van der Waals surface area contributed by atoms with Gasteiger partial charge in [0.1, 0.15) is 0 Å². The van der Waals surface area contributed by atoms with E-state index < -0.39 is 17.1 Å². The molecule has 0 aromatic carbocycles. The second-order valence-corrected chi connectivity index (χ2v) is 5.51. The average molecular weight is 235 g/mol. The summed E-state index contributed by atoms with van der Waals surface area (Å²) in [5.74, 6) is -0.128. The van der Waals surface area contributed by atoms with Crippen LogP contribution in [0.3, 0.4) is 0 Å². The number of sulfonamides is 1. The Morgan fingerprint density at radius 1 is 1.50 bits per heavy atom. The number of nitrogens with one attached hydrogen (secondary N) is 1. The first-order valence-electron chi connectivity index (χ1n) is 3.85. The summed E-state index contributed by atoms with van der Waals surface area (Å²) in [5.41, 5.74) is 0. The molecule has 0 aliphatic carbocycles. The summed E-state index contributed by atoms with van der Waals surface area (Å²) in [6, 6.07) is 3.47. The molecule has 14 heavy (non-hydrogen) atoms. The molecule has 1 rings (SSSR count). The molecule has 1 aromatic heterocycles. The van der Waals surface area contributed by atoms with Crippen LogP contribution in [0.15, 0.2) is 17.5 Å². The van der Waals surface area contributed by atoms with Crippen LogP contribution in [0.1, 0.15) is 4.88 Å². The summed E-state index contributed by atoms with van der Waals surface area (Å²) < 4.78 is 24.6. The molecule has 5 nitrogen and oxygen atoms in total. The van der Waals surface area contributed by atoms with E-state index in [2.05, 4.69) is 4.72 Å². The van der Waals surface area contributed by atoms with E-state index in [1.54, 1.807) is 17.5 Å². The van der Waals surface area contributed by atoms with Crippen LogP contribution in [0, 0.1) is 0 Å². The molecule has 0 radical (unpaired) electrons. The smallest absolute Gasteiger partial charge is 0.426 e. The van der Waals surface area contributed by atoms with Crippen molar-refractivity contribution in [3.63, 3.8) is 0 Å². The largest absolute Gasteiger partial charge is 0.467 e. The highest BCUT2D eigenvalue weighted by atomic mass is 32.2. The van der Waals surface area contributed by atoms with E-state index in [4.69, 9.17) is 10.0 Å². The predicted molar refractivity (Wildman–Crippen MR) is 55.1 cm³/mol. The Bertz CT molecular complexity index is 361. The molecular weight excluding hydrogens is 225 g/mol. The van der Waals surface area contributed by atoms with Crippen molar-refractivity contribution in [1.29, 1.82) is 0 Å². The summed E-state index contributed by atoms with van der Waals surface area (Å²) in [6.07, 6.45) is -0.381. The van der Waals surface area contributed by atoms with Crippen molar-refractivity contribution in [1.82, 2.24) is 4.72 Å². The van der Waals surface area contributed by atoms with E-state index >= 15 is 0 Å². The third kappa shape index (κ3) is 4.20. The maximum atomic E-state index is 11.3. The van der Waals surface area contributed by atoms with Crippen LogP contribution in [0.5, 0.6) is 0 Å². The highest BCUT2D eigenvalue weighted by Crippen LogP contribution is 2.11. The highest BCUT2D eigenvalue weighted by Gasteiger charge is 2.15. The lowest BCUT2D eigenvalue weighted by Crippen LogP contribution is -2.35. The van der Waals surface area contributed by atoms with Gasteiger partial charge in [-0.3, -0.25) is 0 Å². The van der Waals surface area contributed by atoms with Gasteiger partial charge in [0.2, 0.25) is 10.0 Å². The van der Waals surface area contributed by atoms with Gasteiger partial charge in [0.25, 0.3) is 0 Å². The molecule has 0 bridgehead atoms. The van der Waals surface area contributed by atoms with Crippen LogP contribution in [0.2, 0.25) is 0 Å². The Morgan fingerprint density at radius 2 is 2.21 bits per heavy atom. The fraction of sp³-hybridized carbons (Fsp3) is 0.333. The van der Waals surface area contributed by atoms with Crippen molar-refractivity contribution in [3.05, 3.63) is 22.4 Å². The molecule has 0 spiro atoms. The van der Waals surface area contributed by atoms with Crippen molar-refractivity contribution in [2.75, 3.05) is 6.44 Å². The van der Waals surface area contributed by atoms with Crippen LogP contribution >= 0.6 is 11.3 Å². The van der Waals surface area contributed by atoms with E-state index in [1.807, 2.05) is 0 Å². The van der Waals surface area contributed by atoms with Gasteiger partial charge >= 0.3 is 7.12 Å². The zero-order valence-electron chi connectivity index (χ0n) is 7.25. The minimum Gasteiger partial charge on any atom is -0.426 e. The van der Waals surface area contributed by atoms with Gasteiger partial charge < -0.3 is 10.0 Å². The molecule has 0 aliphatic rings. The molecule has 1 heterocycles. The van der Waals surface area contributed by atoms with Crippen LogP contribution in [0.4, 0.5) is 0 Å². The molecule has 78 valence electrons. The zero-order valence-corrected chi connectivity index (χ0v) is 8.88. The summed E-state index contributed by atoms with van der Waals surface area (Å²) in [7, 11) is -5.12. The predicted octanol–water partition coefficient (Wildman–Crippen LogP) is -0.820. The van der Waals surface area contributed by atoms with Crippen LogP contribution in [-0.2, 0) is 15.8 Å². The van der Waals surface area contributed by atoms with Crippen molar-refractivity contribution < 1.29 is 18.5 Å². The van der Waals surface area contributed by atoms with E-state index in [-0.39, 0.29) is 12.2 Å². The second-order valence-electron chi connectivity index (χ2n) is 2.67. The molecule has 1 aromatic rings. The molecule has 0 aliphatic heterocycles. The fourth-order valence-corrected chi connectivity index (χ4v) is 3.04. The third-order valence-electron chi connectivity index (χ3n) is 1.40. The molecular formula is C6H10BNO4S2. The number of hydrogen-bond acceptors (Lipinski definition) is 5. The maximum absolute atomic E-state index is 11.3. The fourth-order valence-electron chi connectivity index (χ4n) is 0.835. The lowest BCUT2D eigenvalue weighted by molar-refractivity contribution is 0.404. The Kier molecular flexibility index (Phi) is 4.08. The number of thiophene rings is 1. The lowest BCUT2D eigenvalue weighted by Gasteiger charge is -2.03. The van der Waals surface area contributed by atoms with Gasteiger partial charge in [-0.25, -0.2) is 13.1 Å². The maximum Gasteiger partial charge on any atom is 0.467 e. The van der Waals surface area contributed by atoms with Crippen molar-refractivity contribution in [3.8, 4) is 0 Å². The average Bonchev–Trinajstić information content (AvgIpc) is 2.53. The SMILES string of the molecule is O=S(=O)(Cc1cccs1)NCB(O)O. The van der Waals surface area contributed by atoms with E-state index in [0.717, 1.165) is 0 Å². The van der Waals surface area contributed by atoms with Gasteiger partial charge in [-0.2, -0.15) is 0 Å². The monoisotopic (exact) mass is 235 g/mol. The van der Waals surface area contributed by atoms with Gasteiger partial charge in [-0.05, 0) is 11.4 Å². The van der Waals surface area contributed by atoms with Crippen LogP contribution < -0.4 is 4.72 Å². The summed E-state index contributed by atoms with van der Waals surface area (Å²) in [4.78, 5) is 0.713. The van der Waals surface area contributed by atoms with Gasteiger partial charge in [-0.15, -0.1) is 11.3 Å². The molecule has 0 amide bonds. The van der Waals surface area contributed by atoms with Gasteiger partial charge in [0.15, 0.2) is 0 Å². The van der Waals surface area contributed by atoms with E-state index in [9.17, 15) is 8.42 Å². The van der Waals surface area contributed by atoms with Crippen molar-refractivity contribution >= 4 is 28.5 Å². The first-order valence-corrected chi connectivity index (χ1v) is 6.38. The number of rotatable bonds is 5. The molecule has 0 atom stereocenters. The molecule has 0 saturated carbocycles. The Labute approximate surface area is 86.6 Å². The van der Waals surface area contributed by atoms with Crippen molar-refractivity contribution in [2.45, 2.75) is 5.75 Å². The molecule has 3 N–H and O–H groups in total. The summed E-state index contributed by atoms with van der Waals surface area (Å²) in [5, 5.41) is 18.7. The lowest BCUT2D eigenvalue weighted by atomic mass is 9.94.